The molecule has 0 aromatic carbocycles. The smallest absolute Gasteiger partial charge is 0.200 e. The lowest BCUT2D eigenvalue weighted by atomic mass is 9.87. The second-order valence-corrected chi connectivity index (χ2v) is 11.8. The fraction of sp³-hybridized carbons (Fsp3) is 1.00. The maximum atomic E-state index is 13.9. The van der Waals surface area contributed by atoms with Crippen molar-refractivity contribution in [2.24, 2.45) is 0 Å². The fourth-order valence-electron chi connectivity index (χ4n) is 4.78. The molecule has 0 nitrogen and oxygen atoms in total. The van der Waals surface area contributed by atoms with Crippen molar-refractivity contribution >= 4 is 0 Å². The van der Waals surface area contributed by atoms with Crippen molar-refractivity contribution in [2.75, 3.05) is 0 Å². The molecule has 17 heteroatoms. The van der Waals surface area contributed by atoms with Crippen LogP contribution in [0.5, 0.6) is 0 Å². The van der Waals surface area contributed by atoms with E-state index in [1.807, 2.05) is 0 Å². The molecule has 278 valence electrons. The molecule has 0 rings (SSSR count). The molecule has 46 heavy (non-hydrogen) atoms. The largest absolute Gasteiger partial charge is 0.460 e. The Kier molecular flexibility index (Phi) is 17.5. The Morgan fingerprint density at radius 3 is 0.739 bits per heavy atom. The van der Waals surface area contributed by atoms with Crippen LogP contribution in [0.4, 0.5) is 74.6 Å². The molecule has 0 unspecified atom stereocenters. The number of unbranched alkanes of at least 4 members (excludes halogenated alkanes) is 18. The summed E-state index contributed by atoms with van der Waals surface area (Å²) in [5.41, 5.74) is 0. The average molecular weight is 715 g/mol. The van der Waals surface area contributed by atoms with E-state index in [1.165, 1.54) is 51.4 Å². The predicted octanol–water partition coefficient (Wildman–Crippen LogP) is 13.8. The van der Waals surface area contributed by atoms with Crippen LogP contribution in [0.15, 0.2) is 0 Å². The van der Waals surface area contributed by atoms with Crippen LogP contribution in [0.3, 0.4) is 0 Å². The molecule has 0 fully saturated rings. The quantitative estimate of drug-likeness (QED) is 0.0618. The van der Waals surface area contributed by atoms with Crippen LogP contribution in [0.25, 0.3) is 0 Å². The first-order valence-corrected chi connectivity index (χ1v) is 15.5. The maximum Gasteiger partial charge on any atom is 0.460 e. The number of hydrogen-bond acceptors (Lipinski definition) is 0. The fourth-order valence-corrected chi connectivity index (χ4v) is 4.78. The lowest BCUT2D eigenvalue weighted by Crippen LogP contribution is -2.74. The summed E-state index contributed by atoms with van der Waals surface area (Å²) in [4.78, 5) is 0. The third kappa shape index (κ3) is 10.7. The third-order valence-electron chi connectivity index (χ3n) is 7.88. The van der Waals surface area contributed by atoms with Crippen LogP contribution in [-0.2, 0) is 0 Å². The van der Waals surface area contributed by atoms with Crippen LogP contribution < -0.4 is 0 Å². The first-order valence-electron chi connectivity index (χ1n) is 15.5. The van der Waals surface area contributed by atoms with Gasteiger partial charge in [-0.25, -0.2) is 0 Å². The van der Waals surface area contributed by atoms with E-state index in [0.29, 0.717) is 12.8 Å². The highest BCUT2D eigenvalue weighted by Gasteiger charge is 2.95. The number of rotatable bonds is 26. The molecule has 0 amide bonds. The van der Waals surface area contributed by atoms with Crippen molar-refractivity contribution in [2.45, 2.75) is 183 Å². The van der Waals surface area contributed by atoms with E-state index in [-0.39, 0.29) is 12.8 Å². The summed E-state index contributed by atoms with van der Waals surface area (Å²) in [6.07, 6.45) is 5.29. The van der Waals surface area contributed by atoms with Gasteiger partial charge in [-0.2, -0.15) is 74.6 Å². The van der Waals surface area contributed by atoms with E-state index in [4.69, 9.17) is 0 Å². The van der Waals surface area contributed by atoms with E-state index < -0.39 is 60.5 Å². The molecule has 0 atom stereocenters. The first-order chi connectivity index (χ1) is 20.8. The van der Waals surface area contributed by atoms with Gasteiger partial charge in [-0.05, 0) is 6.42 Å². The van der Waals surface area contributed by atoms with Crippen LogP contribution in [-0.4, -0.2) is 47.6 Å². The van der Waals surface area contributed by atoms with Gasteiger partial charge in [0.05, 0.1) is 0 Å². The van der Waals surface area contributed by atoms with Crippen LogP contribution in [0.2, 0.25) is 0 Å². The minimum atomic E-state index is -8.57. The predicted molar refractivity (Wildman–Crippen MR) is 139 cm³/mol. The van der Waals surface area contributed by atoms with Crippen molar-refractivity contribution < 1.29 is 74.6 Å². The van der Waals surface area contributed by atoms with Crippen LogP contribution in [0.1, 0.15) is 135 Å². The van der Waals surface area contributed by atoms with Gasteiger partial charge in [0.25, 0.3) is 0 Å². The van der Waals surface area contributed by atoms with Gasteiger partial charge in [0.1, 0.15) is 0 Å². The molecule has 0 heterocycles. The van der Waals surface area contributed by atoms with Gasteiger partial charge in [0.2, 0.25) is 0 Å². The van der Waals surface area contributed by atoms with Gasteiger partial charge in [-0.1, -0.05) is 122 Å². The summed E-state index contributed by atoms with van der Waals surface area (Å²) in [6.45, 7) is 2.16. The van der Waals surface area contributed by atoms with Gasteiger partial charge in [-0.15, -0.1) is 0 Å². The highest BCUT2D eigenvalue weighted by molar-refractivity contribution is 5.15. The monoisotopic (exact) mass is 714 g/mol. The van der Waals surface area contributed by atoms with Gasteiger partial charge < -0.3 is 0 Å². The molecule has 0 radical (unpaired) electrons. The van der Waals surface area contributed by atoms with Crippen molar-refractivity contribution in [1.29, 1.82) is 0 Å². The lowest BCUT2D eigenvalue weighted by molar-refractivity contribution is -0.461. The summed E-state index contributed by atoms with van der Waals surface area (Å²) in [5, 5.41) is 0. The topological polar surface area (TPSA) is 0 Å². The molecule has 0 aliphatic carbocycles. The van der Waals surface area contributed by atoms with Crippen LogP contribution in [0, 0.1) is 0 Å². The SMILES string of the molecule is CCCCCCCCCCCCCCCCCCCCCC(F)(F)C(F)(F)C(F)(F)C(F)(F)C(F)(F)C(F)(F)C(F)(F)C(F)(F)F. The maximum absolute atomic E-state index is 13.9. The van der Waals surface area contributed by atoms with Crippen molar-refractivity contribution in [1.82, 2.24) is 0 Å². The normalized spacial score (nSPS) is 14.7. The lowest BCUT2D eigenvalue weighted by Gasteiger charge is -2.42. The number of halogens is 17. The minimum Gasteiger partial charge on any atom is -0.200 e. The molecule has 0 aliphatic rings. The van der Waals surface area contributed by atoms with E-state index >= 15 is 0 Å². The molecule has 0 aliphatic heterocycles. The Labute approximate surface area is 258 Å². The van der Waals surface area contributed by atoms with Gasteiger partial charge in [0.15, 0.2) is 0 Å². The average Bonchev–Trinajstić information content (AvgIpc) is 2.93. The number of alkyl halides is 17. The van der Waals surface area contributed by atoms with Crippen molar-refractivity contribution in [3.05, 3.63) is 0 Å². The molecule has 0 aromatic heterocycles. The Hall–Kier alpha value is -1.19. The summed E-state index contributed by atoms with van der Waals surface area (Å²) in [7, 11) is 0. The van der Waals surface area contributed by atoms with Crippen molar-refractivity contribution in [3.63, 3.8) is 0 Å². The van der Waals surface area contributed by atoms with Gasteiger partial charge in [-0.3, -0.25) is 0 Å². The molecule has 0 aromatic rings. The molecular formula is C29H43F17. The highest BCUT2D eigenvalue weighted by atomic mass is 19.4. The van der Waals surface area contributed by atoms with E-state index in [1.54, 1.807) is 0 Å². The molecule has 0 bridgehead atoms. The van der Waals surface area contributed by atoms with E-state index in [9.17, 15) is 74.6 Å². The standard InChI is InChI=1S/C29H43F17/c1-2-3-4-5-6-7-8-9-10-11-12-13-14-15-16-17-18-19-20-21-22(30,31)23(32,33)24(34,35)25(36,37)26(38,39)27(40,41)28(42,43)29(44,45)46/h2-21H2,1H3. The van der Waals surface area contributed by atoms with Crippen molar-refractivity contribution in [3.8, 4) is 0 Å². The Morgan fingerprint density at radius 2 is 0.478 bits per heavy atom. The molecule has 0 saturated heterocycles. The molecular weight excluding hydrogens is 671 g/mol. The third-order valence-corrected chi connectivity index (χ3v) is 7.88. The first kappa shape index (κ1) is 44.8. The Morgan fingerprint density at radius 1 is 0.261 bits per heavy atom. The van der Waals surface area contributed by atoms with Gasteiger partial charge >= 0.3 is 47.6 Å². The van der Waals surface area contributed by atoms with Gasteiger partial charge in [0, 0.05) is 6.42 Å². The van der Waals surface area contributed by atoms with Crippen LogP contribution >= 0.6 is 0 Å². The molecule has 0 spiro atoms. The summed E-state index contributed by atoms with van der Waals surface area (Å²) >= 11 is 0. The second kappa shape index (κ2) is 18.0. The summed E-state index contributed by atoms with van der Waals surface area (Å²) in [5.74, 6) is -55.7. The minimum absolute atomic E-state index is 0.101. The zero-order valence-corrected chi connectivity index (χ0v) is 25.6. The van der Waals surface area contributed by atoms with E-state index in [0.717, 1.165) is 38.5 Å². The summed E-state index contributed by atoms with van der Waals surface area (Å²) in [6, 6.07) is 0. The Balaban J connectivity index is 4.67. The molecule has 0 N–H and O–H groups in total. The zero-order valence-electron chi connectivity index (χ0n) is 25.6. The second-order valence-electron chi connectivity index (χ2n) is 11.8. The highest BCUT2D eigenvalue weighted by Crippen LogP contribution is 2.64. The number of hydrogen-bond donors (Lipinski definition) is 0. The molecule has 0 saturated carbocycles. The summed E-state index contributed by atoms with van der Waals surface area (Å²) < 4.78 is 226. The van der Waals surface area contributed by atoms with E-state index in [2.05, 4.69) is 6.92 Å². The zero-order chi connectivity index (χ0) is 36.1. The Bertz CT molecular complexity index is 834.